The summed E-state index contributed by atoms with van der Waals surface area (Å²) >= 11 is 1.83. The van der Waals surface area contributed by atoms with Gasteiger partial charge in [0.05, 0.1) is 9.79 Å². The second-order valence-corrected chi connectivity index (χ2v) is 6.01. The molecule has 0 bridgehead atoms. The van der Waals surface area contributed by atoms with Gasteiger partial charge in [-0.15, -0.1) is 0 Å². The van der Waals surface area contributed by atoms with Crippen LogP contribution in [0.2, 0.25) is 0 Å². The molecule has 18 heavy (non-hydrogen) atoms. The summed E-state index contributed by atoms with van der Waals surface area (Å²) < 4.78 is 6.02. The first-order chi connectivity index (χ1) is 8.90. The van der Waals surface area contributed by atoms with Gasteiger partial charge in [-0.1, -0.05) is 23.9 Å². The van der Waals surface area contributed by atoms with Gasteiger partial charge in [0.15, 0.2) is 0 Å². The van der Waals surface area contributed by atoms with E-state index in [-0.39, 0.29) is 0 Å². The first-order valence-electron chi connectivity index (χ1n) is 6.51. The highest BCUT2D eigenvalue weighted by Crippen LogP contribution is 2.48. The summed E-state index contributed by atoms with van der Waals surface area (Å²) in [4.78, 5) is 2.50. The van der Waals surface area contributed by atoms with Crippen LogP contribution in [0.3, 0.4) is 0 Å². The summed E-state index contributed by atoms with van der Waals surface area (Å²) in [6, 6.07) is 12.9. The Morgan fingerprint density at radius 1 is 0.833 bits per heavy atom. The molecule has 0 atom stereocenters. The van der Waals surface area contributed by atoms with E-state index in [1.165, 1.54) is 46.6 Å². The maximum atomic E-state index is 6.02. The van der Waals surface area contributed by atoms with E-state index in [4.69, 9.17) is 4.74 Å². The number of hydrogen-bond donors (Lipinski definition) is 0. The maximum absolute atomic E-state index is 6.02. The third-order valence-electron chi connectivity index (χ3n) is 3.70. The zero-order chi connectivity index (χ0) is 11.9. The molecular weight excluding hydrogens is 240 g/mol. The normalized spacial score (nSPS) is 16.2. The van der Waals surface area contributed by atoms with Gasteiger partial charge in [-0.05, 0) is 61.1 Å². The van der Waals surface area contributed by atoms with Gasteiger partial charge in [-0.2, -0.15) is 0 Å². The van der Waals surface area contributed by atoms with Crippen LogP contribution < -0.4 is 4.74 Å². The molecule has 90 valence electrons. The average Bonchev–Trinajstić information content (AvgIpc) is 2.42. The van der Waals surface area contributed by atoms with Crippen molar-refractivity contribution in [1.29, 1.82) is 0 Å². The summed E-state index contributed by atoms with van der Waals surface area (Å²) in [5, 5.41) is 0. The topological polar surface area (TPSA) is 9.23 Å². The van der Waals surface area contributed by atoms with Crippen molar-refractivity contribution in [1.82, 2.24) is 0 Å². The Labute approximate surface area is 111 Å². The predicted molar refractivity (Wildman–Crippen MR) is 73.7 cm³/mol. The number of fused-ring (bicyclic) bond motifs is 3. The molecule has 0 fully saturated rings. The monoisotopic (exact) mass is 254 g/mol. The van der Waals surface area contributed by atoms with E-state index in [2.05, 4.69) is 24.3 Å². The van der Waals surface area contributed by atoms with Crippen LogP contribution in [-0.4, -0.2) is 0 Å². The predicted octanol–water partition coefficient (Wildman–Crippen LogP) is 4.82. The Bertz CT molecular complexity index is 564. The van der Waals surface area contributed by atoms with E-state index in [1.54, 1.807) is 0 Å². The average molecular weight is 254 g/mol. The SMILES string of the molecule is c1ccc2c(c1)Oc1cc3c(cc1S2)CCCC3. The van der Waals surface area contributed by atoms with Crippen LogP contribution in [-0.2, 0) is 12.8 Å². The minimum Gasteiger partial charge on any atom is -0.455 e. The minimum absolute atomic E-state index is 0.991. The maximum Gasteiger partial charge on any atom is 0.141 e. The van der Waals surface area contributed by atoms with Gasteiger partial charge in [0.2, 0.25) is 0 Å². The fraction of sp³-hybridized carbons (Fsp3) is 0.250. The third-order valence-corrected chi connectivity index (χ3v) is 4.79. The smallest absolute Gasteiger partial charge is 0.141 e. The number of rotatable bonds is 0. The molecule has 0 unspecified atom stereocenters. The largest absolute Gasteiger partial charge is 0.455 e. The quantitative estimate of drug-likeness (QED) is 0.568. The van der Waals surface area contributed by atoms with Crippen LogP contribution in [0.25, 0.3) is 0 Å². The van der Waals surface area contributed by atoms with E-state index in [1.807, 2.05) is 23.9 Å². The summed E-state index contributed by atoms with van der Waals surface area (Å²) in [5.74, 6) is 2.03. The molecule has 1 aliphatic heterocycles. The highest BCUT2D eigenvalue weighted by Gasteiger charge is 2.20. The number of benzene rings is 2. The van der Waals surface area contributed by atoms with Crippen molar-refractivity contribution in [3.63, 3.8) is 0 Å². The molecule has 0 spiro atoms. The van der Waals surface area contributed by atoms with Gasteiger partial charge in [0.25, 0.3) is 0 Å². The standard InChI is InChI=1S/C16H14OS/c1-2-6-12-10-16-14(9-11(12)5-1)17-13-7-3-4-8-15(13)18-16/h3-4,7-10H,1-2,5-6H2. The van der Waals surface area contributed by atoms with Gasteiger partial charge < -0.3 is 4.74 Å². The number of aryl methyl sites for hydroxylation is 2. The van der Waals surface area contributed by atoms with Crippen molar-refractivity contribution in [2.24, 2.45) is 0 Å². The lowest BCUT2D eigenvalue weighted by Crippen LogP contribution is -2.05. The van der Waals surface area contributed by atoms with Crippen LogP contribution >= 0.6 is 11.8 Å². The molecule has 2 aromatic rings. The van der Waals surface area contributed by atoms with E-state index >= 15 is 0 Å². The highest BCUT2D eigenvalue weighted by molar-refractivity contribution is 7.99. The molecular formula is C16H14OS. The number of ether oxygens (including phenoxy) is 1. The van der Waals surface area contributed by atoms with Crippen molar-refractivity contribution in [2.75, 3.05) is 0 Å². The lowest BCUT2D eigenvalue weighted by molar-refractivity contribution is 0.452. The van der Waals surface area contributed by atoms with E-state index < -0.39 is 0 Å². The van der Waals surface area contributed by atoms with E-state index in [9.17, 15) is 0 Å². The Morgan fingerprint density at radius 2 is 1.61 bits per heavy atom. The van der Waals surface area contributed by atoms with Crippen LogP contribution in [0.4, 0.5) is 0 Å². The van der Waals surface area contributed by atoms with Gasteiger partial charge in [-0.25, -0.2) is 0 Å². The molecule has 2 aliphatic rings. The molecule has 1 heterocycles. The fourth-order valence-electron chi connectivity index (χ4n) is 2.76. The molecule has 1 aliphatic carbocycles. The molecule has 0 saturated heterocycles. The summed E-state index contributed by atoms with van der Waals surface area (Å²) in [5.41, 5.74) is 3.01. The van der Waals surface area contributed by atoms with Gasteiger partial charge in [0.1, 0.15) is 11.5 Å². The Kier molecular flexibility index (Phi) is 2.37. The van der Waals surface area contributed by atoms with Crippen LogP contribution in [0.15, 0.2) is 46.2 Å². The lowest BCUT2D eigenvalue weighted by Gasteiger charge is -2.23. The van der Waals surface area contributed by atoms with Gasteiger partial charge >= 0.3 is 0 Å². The van der Waals surface area contributed by atoms with E-state index in [0.717, 1.165) is 11.5 Å². The minimum atomic E-state index is 0.991. The highest BCUT2D eigenvalue weighted by atomic mass is 32.2. The molecule has 1 nitrogen and oxygen atoms in total. The zero-order valence-electron chi connectivity index (χ0n) is 10.1. The molecule has 2 heteroatoms. The second-order valence-electron chi connectivity index (χ2n) is 4.93. The van der Waals surface area contributed by atoms with Crippen molar-refractivity contribution in [3.8, 4) is 11.5 Å². The van der Waals surface area contributed by atoms with Crippen LogP contribution in [0.5, 0.6) is 11.5 Å². The fourth-order valence-corrected chi connectivity index (χ4v) is 3.75. The summed E-state index contributed by atoms with van der Waals surface area (Å²) in [6.45, 7) is 0. The molecule has 0 radical (unpaired) electrons. The van der Waals surface area contributed by atoms with Crippen molar-refractivity contribution >= 4 is 11.8 Å². The van der Waals surface area contributed by atoms with Crippen LogP contribution in [0, 0.1) is 0 Å². The Morgan fingerprint density at radius 3 is 2.50 bits per heavy atom. The Hall–Kier alpha value is -1.41. The van der Waals surface area contributed by atoms with Gasteiger partial charge in [0, 0.05) is 0 Å². The molecule has 0 amide bonds. The Balaban J connectivity index is 1.81. The van der Waals surface area contributed by atoms with Crippen molar-refractivity contribution < 1.29 is 4.74 Å². The first-order valence-corrected chi connectivity index (χ1v) is 7.32. The molecule has 0 saturated carbocycles. The molecule has 2 aromatic carbocycles. The summed E-state index contributed by atoms with van der Waals surface area (Å²) in [6.07, 6.45) is 5.08. The second kappa shape index (κ2) is 4.06. The molecule has 4 rings (SSSR count). The van der Waals surface area contributed by atoms with Crippen LogP contribution in [0.1, 0.15) is 24.0 Å². The number of para-hydroxylation sites is 1. The van der Waals surface area contributed by atoms with Crippen molar-refractivity contribution in [3.05, 3.63) is 47.5 Å². The summed E-state index contributed by atoms with van der Waals surface area (Å²) in [7, 11) is 0. The first kappa shape index (κ1) is 10.5. The molecule has 0 aromatic heterocycles. The third kappa shape index (κ3) is 1.64. The van der Waals surface area contributed by atoms with Gasteiger partial charge in [-0.3, -0.25) is 0 Å². The van der Waals surface area contributed by atoms with Crippen molar-refractivity contribution in [2.45, 2.75) is 35.5 Å². The number of hydrogen-bond acceptors (Lipinski definition) is 2. The van der Waals surface area contributed by atoms with E-state index in [0.29, 0.717) is 0 Å². The zero-order valence-corrected chi connectivity index (χ0v) is 10.9. The lowest BCUT2D eigenvalue weighted by atomic mass is 9.91. The molecule has 0 N–H and O–H groups in total.